The highest BCUT2D eigenvalue weighted by Gasteiger charge is 2.23. The highest BCUT2D eigenvalue weighted by atomic mass is 16.5. The van der Waals surface area contributed by atoms with Crippen LogP contribution in [0, 0.1) is 20.8 Å². The number of benzene rings is 2. The highest BCUT2D eigenvalue weighted by molar-refractivity contribution is 5.91. The molecule has 31 heavy (non-hydrogen) atoms. The van der Waals surface area contributed by atoms with E-state index in [1.165, 1.54) is 0 Å². The van der Waals surface area contributed by atoms with Crippen LogP contribution in [0.3, 0.4) is 0 Å². The van der Waals surface area contributed by atoms with Gasteiger partial charge in [-0.2, -0.15) is 0 Å². The Morgan fingerprint density at radius 3 is 2.32 bits per heavy atom. The molecule has 0 saturated heterocycles. The SMILES string of the molecule is CCOc1ccc(CNCc2c(C(=O)O)c(C)n(-c3ccc(C)cc3)c2C)cc1OC. The average molecular weight is 423 g/mol. The van der Waals surface area contributed by atoms with Gasteiger partial charge >= 0.3 is 5.97 Å². The zero-order valence-corrected chi connectivity index (χ0v) is 18.8. The Morgan fingerprint density at radius 1 is 1.00 bits per heavy atom. The summed E-state index contributed by atoms with van der Waals surface area (Å²) < 4.78 is 13.0. The monoisotopic (exact) mass is 422 g/mol. The molecule has 0 aliphatic carbocycles. The molecule has 0 aliphatic rings. The molecular formula is C25H30N2O4. The number of methoxy groups -OCH3 is 1. The summed E-state index contributed by atoms with van der Waals surface area (Å²) in [6, 6.07) is 13.9. The molecule has 2 aromatic carbocycles. The Morgan fingerprint density at radius 2 is 1.71 bits per heavy atom. The first-order valence-electron chi connectivity index (χ1n) is 10.4. The maximum Gasteiger partial charge on any atom is 0.337 e. The van der Waals surface area contributed by atoms with Gasteiger partial charge in [0.1, 0.15) is 0 Å². The molecular weight excluding hydrogens is 392 g/mol. The fraction of sp³-hybridized carbons (Fsp3) is 0.320. The quantitative estimate of drug-likeness (QED) is 0.518. The summed E-state index contributed by atoms with van der Waals surface area (Å²) in [7, 11) is 1.62. The van der Waals surface area contributed by atoms with Crippen molar-refractivity contribution in [3.63, 3.8) is 0 Å². The first-order chi connectivity index (χ1) is 14.9. The lowest BCUT2D eigenvalue weighted by Gasteiger charge is -2.12. The van der Waals surface area contributed by atoms with Crippen LogP contribution in [0.2, 0.25) is 0 Å². The number of aromatic carboxylic acids is 1. The van der Waals surface area contributed by atoms with Crippen LogP contribution >= 0.6 is 0 Å². The van der Waals surface area contributed by atoms with Gasteiger partial charge in [-0.1, -0.05) is 23.8 Å². The van der Waals surface area contributed by atoms with Crippen LogP contribution < -0.4 is 14.8 Å². The standard InChI is InChI=1S/C25H30N2O4/c1-6-31-22-12-9-19(13-23(22)30-5)14-26-15-21-17(3)27(18(4)24(21)25(28)29)20-10-7-16(2)8-11-20/h7-13,26H,6,14-15H2,1-5H3,(H,28,29). The molecule has 0 aliphatic heterocycles. The highest BCUT2D eigenvalue weighted by Crippen LogP contribution is 2.29. The van der Waals surface area contributed by atoms with Gasteiger partial charge in [0.25, 0.3) is 0 Å². The first kappa shape index (κ1) is 22.4. The third-order valence-corrected chi connectivity index (χ3v) is 5.44. The molecule has 1 aromatic heterocycles. The zero-order chi connectivity index (χ0) is 22.5. The predicted molar refractivity (Wildman–Crippen MR) is 122 cm³/mol. The summed E-state index contributed by atoms with van der Waals surface area (Å²) in [5.41, 5.74) is 5.97. The van der Waals surface area contributed by atoms with Crippen molar-refractivity contribution in [2.45, 2.75) is 40.8 Å². The number of carbonyl (C=O) groups is 1. The second kappa shape index (κ2) is 9.71. The van der Waals surface area contributed by atoms with Gasteiger partial charge in [-0.15, -0.1) is 0 Å². The second-order valence-electron chi connectivity index (χ2n) is 7.52. The fourth-order valence-electron chi connectivity index (χ4n) is 3.91. The molecule has 0 atom stereocenters. The summed E-state index contributed by atoms with van der Waals surface area (Å²) in [4.78, 5) is 12.0. The fourth-order valence-corrected chi connectivity index (χ4v) is 3.91. The molecule has 6 nitrogen and oxygen atoms in total. The molecule has 3 aromatic rings. The number of aryl methyl sites for hydroxylation is 1. The summed E-state index contributed by atoms with van der Waals surface area (Å²) in [6.07, 6.45) is 0. The molecule has 164 valence electrons. The van der Waals surface area contributed by atoms with Crippen molar-refractivity contribution in [2.75, 3.05) is 13.7 Å². The summed E-state index contributed by atoms with van der Waals surface area (Å²) in [5.74, 6) is 0.486. The number of aromatic nitrogens is 1. The average Bonchev–Trinajstić information content (AvgIpc) is 2.99. The van der Waals surface area contributed by atoms with Crippen molar-refractivity contribution >= 4 is 5.97 Å². The van der Waals surface area contributed by atoms with Crippen LogP contribution in [-0.2, 0) is 13.1 Å². The van der Waals surface area contributed by atoms with Crippen LogP contribution in [0.4, 0.5) is 0 Å². The van der Waals surface area contributed by atoms with Crippen molar-refractivity contribution in [3.05, 3.63) is 76.1 Å². The van der Waals surface area contributed by atoms with E-state index >= 15 is 0 Å². The second-order valence-corrected chi connectivity index (χ2v) is 7.52. The molecule has 0 amide bonds. The van der Waals surface area contributed by atoms with Gasteiger partial charge < -0.3 is 24.5 Å². The number of nitrogens with one attached hydrogen (secondary N) is 1. The van der Waals surface area contributed by atoms with Gasteiger partial charge in [0, 0.05) is 35.7 Å². The van der Waals surface area contributed by atoms with Crippen LogP contribution in [0.1, 0.15) is 45.4 Å². The predicted octanol–water partition coefficient (Wildman–Crippen LogP) is 4.80. The van der Waals surface area contributed by atoms with Crippen molar-refractivity contribution in [1.82, 2.24) is 9.88 Å². The van der Waals surface area contributed by atoms with Crippen LogP contribution in [0.5, 0.6) is 11.5 Å². The van der Waals surface area contributed by atoms with Gasteiger partial charge in [0.05, 0.1) is 19.3 Å². The molecule has 0 radical (unpaired) electrons. The van der Waals surface area contributed by atoms with Crippen molar-refractivity contribution in [1.29, 1.82) is 0 Å². The smallest absolute Gasteiger partial charge is 0.337 e. The maximum absolute atomic E-state index is 12.0. The van der Waals surface area contributed by atoms with E-state index in [1.54, 1.807) is 7.11 Å². The van der Waals surface area contributed by atoms with E-state index in [0.717, 1.165) is 33.8 Å². The lowest BCUT2D eigenvalue weighted by molar-refractivity contribution is 0.0695. The molecule has 0 spiro atoms. The molecule has 2 N–H and O–H groups in total. The van der Waals surface area contributed by atoms with Crippen LogP contribution in [-0.4, -0.2) is 29.4 Å². The number of hydrogen-bond donors (Lipinski definition) is 2. The van der Waals surface area contributed by atoms with E-state index in [-0.39, 0.29) is 0 Å². The normalized spacial score (nSPS) is 10.9. The zero-order valence-electron chi connectivity index (χ0n) is 18.8. The van der Waals surface area contributed by atoms with Gasteiger partial charge in [-0.25, -0.2) is 4.79 Å². The molecule has 1 heterocycles. The Kier molecular flexibility index (Phi) is 7.02. The number of carboxylic acid groups (broad SMARTS) is 1. The van der Waals surface area contributed by atoms with Gasteiger partial charge in [-0.3, -0.25) is 0 Å². The lowest BCUT2D eigenvalue weighted by Crippen LogP contribution is -2.15. The molecule has 0 fully saturated rings. The van der Waals surface area contributed by atoms with Crippen LogP contribution in [0.15, 0.2) is 42.5 Å². The minimum atomic E-state index is -0.911. The Labute approximate surface area is 183 Å². The minimum absolute atomic E-state index is 0.356. The van der Waals surface area contributed by atoms with Gasteiger partial charge in [0.2, 0.25) is 0 Å². The number of carboxylic acids is 1. The molecule has 3 rings (SSSR count). The number of rotatable bonds is 9. The van der Waals surface area contributed by atoms with E-state index in [2.05, 4.69) is 5.32 Å². The number of hydrogen-bond acceptors (Lipinski definition) is 4. The van der Waals surface area contributed by atoms with E-state index in [1.807, 2.05) is 74.7 Å². The van der Waals surface area contributed by atoms with Gasteiger partial charge in [-0.05, 0) is 57.5 Å². The molecule has 0 unspecified atom stereocenters. The Hall–Kier alpha value is -3.25. The van der Waals surface area contributed by atoms with Crippen molar-refractivity contribution in [3.8, 4) is 17.2 Å². The molecule has 6 heteroatoms. The number of nitrogens with zero attached hydrogens (tertiary/aromatic N) is 1. The lowest BCUT2D eigenvalue weighted by atomic mass is 10.1. The topological polar surface area (TPSA) is 72.7 Å². The van der Waals surface area contributed by atoms with Crippen molar-refractivity contribution in [2.24, 2.45) is 0 Å². The summed E-state index contributed by atoms with van der Waals surface area (Å²) in [6.45, 7) is 9.39. The minimum Gasteiger partial charge on any atom is -0.493 e. The van der Waals surface area contributed by atoms with E-state index in [4.69, 9.17) is 9.47 Å². The van der Waals surface area contributed by atoms with Crippen LogP contribution in [0.25, 0.3) is 5.69 Å². The Balaban J connectivity index is 1.84. The summed E-state index contributed by atoms with van der Waals surface area (Å²) >= 11 is 0. The van der Waals surface area contributed by atoms with Gasteiger partial charge in [0.15, 0.2) is 11.5 Å². The van der Waals surface area contributed by atoms with E-state index in [9.17, 15) is 9.90 Å². The third kappa shape index (κ3) is 4.75. The van der Waals surface area contributed by atoms with Crippen molar-refractivity contribution < 1.29 is 19.4 Å². The maximum atomic E-state index is 12.0. The number of ether oxygens (including phenoxy) is 2. The largest absolute Gasteiger partial charge is 0.493 e. The van der Waals surface area contributed by atoms with E-state index < -0.39 is 5.97 Å². The van der Waals surface area contributed by atoms with E-state index in [0.29, 0.717) is 36.8 Å². The third-order valence-electron chi connectivity index (χ3n) is 5.44. The Bertz CT molecular complexity index is 1070. The molecule has 0 saturated carbocycles. The first-order valence-corrected chi connectivity index (χ1v) is 10.4. The molecule has 0 bridgehead atoms. The summed E-state index contributed by atoms with van der Waals surface area (Å²) in [5, 5.41) is 13.3.